The van der Waals surface area contributed by atoms with Crippen LogP contribution in [0.3, 0.4) is 0 Å². The molecule has 0 aromatic carbocycles. The molecule has 4 bridgehead atoms. The van der Waals surface area contributed by atoms with E-state index in [0.29, 0.717) is 19.6 Å². The highest BCUT2D eigenvalue weighted by Gasteiger charge is 2.50. The maximum Gasteiger partial charge on any atom is 0.102 e. The minimum absolute atomic E-state index is 0. The van der Waals surface area contributed by atoms with Crippen LogP contribution in [0.2, 0.25) is 0 Å². The van der Waals surface area contributed by atoms with E-state index >= 15 is 0 Å². The Morgan fingerprint density at radius 3 is 1.17 bits per heavy atom. The number of hydrogen-bond acceptors (Lipinski definition) is 4. The monoisotopic (exact) mass is 612 g/mol. The molecule has 0 radical (unpaired) electrons. The fraction of sp³-hybridized carbons (Fsp3) is 0.964. The number of carboxylic acids is 1. The van der Waals surface area contributed by atoms with E-state index in [1.54, 1.807) is 0 Å². The van der Waals surface area contributed by atoms with Gasteiger partial charge in [0, 0.05) is 5.97 Å². The summed E-state index contributed by atoms with van der Waals surface area (Å²) in [6.45, 7) is 22.3. The molecule has 0 aromatic heterocycles. The van der Waals surface area contributed by atoms with Crippen LogP contribution in [0.1, 0.15) is 86.5 Å². The normalized spacial score (nSPS) is 26.7. The summed E-state index contributed by atoms with van der Waals surface area (Å²) in [5.74, 6) is 1.72. The number of quaternary nitrogens is 2. The van der Waals surface area contributed by atoms with Gasteiger partial charge in [-0.15, -0.1) is 0 Å². The van der Waals surface area contributed by atoms with Crippen molar-refractivity contribution in [3.63, 3.8) is 0 Å². The smallest absolute Gasteiger partial charge is 0.102 e. The van der Waals surface area contributed by atoms with Gasteiger partial charge >= 0.3 is 0 Å². The van der Waals surface area contributed by atoms with E-state index in [0.717, 1.165) is 79.1 Å². The average Bonchev–Trinajstić information content (AvgIpc) is 2.80. The molecular formula is C28H57IN2O4. The number of nitrogens with zero attached hydrogens (tertiary/aromatic N) is 2. The van der Waals surface area contributed by atoms with Crippen molar-refractivity contribution in [1.29, 1.82) is 0 Å². The Morgan fingerprint density at radius 2 is 1.00 bits per heavy atom. The molecule has 0 aromatic rings. The number of halogens is 1. The Morgan fingerprint density at radius 1 is 0.714 bits per heavy atom. The number of carbonyl (C=O) groups is 1. The van der Waals surface area contributed by atoms with Crippen LogP contribution in [0.15, 0.2) is 0 Å². The maximum absolute atomic E-state index is 10.8. The molecule has 0 amide bonds. The molecule has 4 saturated carbocycles. The number of aliphatic carboxylic acids is 1. The summed E-state index contributed by atoms with van der Waals surface area (Å²) < 4.78 is 2.10. The molecule has 0 heterocycles. The van der Waals surface area contributed by atoms with Crippen LogP contribution in [0.25, 0.3) is 0 Å². The predicted molar refractivity (Wildman–Crippen MR) is 138 cm³/mol. The second-order valence-corrected chi connectivity index (χ2v) is 11.4. The van der Waals surface area contributed by atoms with Gasteiger partial charge in [-0.25, -0.2) is 0 Å². The van der Waals surface area contributed by atoms with Gasteiger partial charge in [0.1, 0.15) is 13.1 Å². The molecule has 210 valence electrons. The molecule has 2 N–H and O–H groups in total. The Bertz CT molecular complexity index is 505. The third-order valence-electron chi connectivity index (χ3n) is 9.86. The minimum atomic E-state index is -0.827. The molecule has 0 saturated heterocycles. The quantitative estimate of drug-likeness (QED) is 0.242. The van der Waals surface area contributed by atoms with Gasteiger partial charge in [-0.1, -0.05) is 0 Å². The largest absolute Gasteiger partial charge is 1.00 e. The van der Waals surface area contributed by atoms with Crippen LogP contribution >= 0.6 is 0 Å². The summed E-state index contributed by atoms with van der Waals surface area (Å²) in [6.07, 6.45) is 7.99. The molecular weight excluding hydrogens is 555 g/mol. The van der Waals surface area contributed by atoms with Crippen molar-refractivity contribution in [2.24, 2.45) is 23.2 Å². The molecule has 7 heteroatoms. The summed E-state index contributed by atoms with van der Waals surface area (Å²) >= 11 is 0. The van der Waals surface area contributed by atoms with Crippen LogP contribution in [-0.2, 0) is 4.79 Å². The average molecular weight is 613 g/mol. The first kappa shape index (κ1) is 35.0. The highest BCUT2D eigenvalue weighted by Crippen LogP contribution is 2.61. The zero-order valence-electron chi connectivity index (χ0n) is 23.7. The van der Waals surface area contributed by atoms with Crippen molar-refractivity contribution in [3.8, 4) is 0 Å². The minimum Gasteiger partial charge on any atom is -1.00 e. The van der Waals surface area contributed by atoms with Crippen LogP contribution in [-0.4, -0.2) is 90.7 Å². The molecule has 0 aliphatic heterocycles. The van der Waals surface area contributed by atoms with E-state index in [2.05, 4.69) is 41.5 Å². The summed E-state index contributed by atoms with van der Waals surface area (Å²) in [4.78, 5) is 10.8. The molecule has 4 fully saturated rings. The van der Waals surface area contributed by atoms with Crippen molar-refractivity contribution in [2.75, 3.05) is 65.6 Å². The predicted octanol–water partition coefficient (Wildman–Crippen LogP) is 0.0572. The van der Waals surface area contributed by atoms with E-state index < -0.39 is 5.97 Å². The molecule has 4 aliphatic rings. The fourth-order valence-electron chi connectivity index (χ4n) is 7.53. The molecule has 4 aliphatic carbocycles. The van der Waals surface area contributed by atoms with Gasteiger partial charge < -0.3 is 53.1 Å². The van der Waals surface area contributed by atoms with Gasteiger partial charge in [-0.3, -0.25) is 0 Å². The van der Waals surface area contributed by atoms with Gasteiger partial charge in [-0.2, -0.15) is 0 Å². The zero-order chi connectivity index (χ0) is 25.8. The Kier molecular flexibility index (Phi) is 16.8. The first-order valence-electron chi connectivity index (χ1n) is 14.3. The lowest BCUT2D eigenvalue weighted by atomic mass is 9.49. The number of aliphatic hydroxyl groups is 2. The number of hydrogen-bond donors (Lipinski definition) is 2. The summed E-state index contributed by atoms with van der Waals surface area (Å²) in [7, 11) is 0. The van der Waals surface area contributed by atoms with E-state index in [-0.39, 0.29) is 29.4 Å². The standard InChI is InChI=1S/C12H18O2.2C8H20NO.HI/c13-11(14)7-12-4-8-1-9(5-12)3-10(2-8)6-12;2*1-4-9(5-2,6-3)7-8-10;/h8-10H,1-7H2,(H,13,14);2*10H,4-8H2,1-3H3;1H/q;2*+1;/p-2. The van der Waals surface area contributed by atoms with Gasteiger partial charge in [0.05, 0.1) is 52.5 Å². The number of carbonyl (C=O) groups excluding carboxylic acids is 1. The Hall–Kier alpha value is 0.0400. The van der Waals surface area contributed by atoms with Crippen molar-refractivity contribution in [2.45, 2.75) is 86.5 Å². The number of likely N-dealkylation sites (N-methyl/N-ethyl adjacent to an activating group) is 2. The van der Waals surface area contributed by atoms with Gasteiger partial charge in [-0.05, 0) is 110 Å². The van der Waals surface area contributed by atoms with Gasteiger partial charge in [0.2, 0.25) is 0 Å². The van der Waals surface area contributed by atoms with Gasteiger partial charge in [0.25, 0.3) is 0 Å². The topological polar surface area (TPSA) is 80.6 Å². The first-order valence-corrected chi connectivity index (χ1v) is 14.3. The molecule has 0 spiro atoms. The Labute approximate surface area is 233 Å². The van der Waals surface area contributed by atoms with E-state index in [1.807, 2.05) is 0 Å². The molecule has 35 heavy (non-hydrogen) atoms. The number of aliphatic hydroxyl groups excluding tert-OH is 2. The van der Waals surface area contributed by atoms with E-state index in [9.17, 15) is 9.90 Å². The molecule has 4 rings (SSSR count). The Balaban J connectivity index is 0.000000504. The third-order valence-corrected chi connectivity index (χ3v) is 9.86. The summed E-state index contributed by atoms with van der Waals surface area (Å²) in [5, 5.41) is 28.3. The first-order chi connectivity index (χ1) is 16.1. The highest BCUT2D eigenvalue weighted by atomic mass is 127. The van der Waals surface area contributed by atoms with Crippen LogP contribution < -0.4 is 29.1 Å². The lowest BCUT2D eigenvalue weighted by Gasteiger charge is -2.57. The van der Waals surface area contributed by atoms with Crippen LogP contribution in [0.5, 0.6) is 0 Å². The van der Waals surface area contributed by atoms with Crippen molar-refractivity contribution >= 4 is 5.97 Å². The molecule has 0 atom stereocenters. The van der Waals surface area contributed by atoms with Gasteiger partial charge in [0.15, 0.2) is 0 Å². The van der Waals surface area contributed by atoms with E-state index in [1.165, 1.54) is 38.5 Å². The lowest BCUT2D eigenvalue weighted by molar-refractivity contribution is -0.923. The van der Waals surface area contributed by atoms with Crippen molar-refractivity contribution < 1.29 is 53.1 Å². The third kappa shape index (κ3) is 10.4. The fourth-order valence-corrected chi connectivity index (χ4v) is 7.53. The van der Waals surface area contributed by atoms with E-state index in [4.69, 9.17) is 10.2 Å². The second-order valence-electron chi connectivity index (χ2n) is 11.4. The lowest BCUT2D eigenvalue weighted by Crippen LogP contribution is -3.00. The maximum atomic E-state index is 10.8. The number of rotatable bonds is 12. The van der Waals surface area contributed by atoms with Crippen LogP contribution in [0, 0.1) is 23.2 Å². The van der Waals surface area contributed by atoms with Crippen LogP contribution in [0.4, 0.5) is 0 Å². The second kappa shape index (κ2) is 16.8. The SMILES string of the molecule is CC[N+](CC)(CC)CCO.CC[N+](CC)(CC)CCO.O=C([O-])CC12CC3CC(CC(C3)C1)C2.[I-]. The number of carboxylic acid groups (broad SMARTS) is 1. The zero-order valence-corrected chi connectivity index (χ0v) is 25.9. The summed E-state index contributed by atoms with van der Waals surface area (Å²) in [5.41, 5.74) is 0.160. The molecule has 0 unspecified atom stereocenters. The highest BCUT2D eigenvalue weighted by molar-refractivity contribution is 5.65. The van der Waals surface area contributed by atoms with Crippen molar-refractivity contribution in [3.05, 3.63) is 0 Å². The summed E-state index contributed by atoms with van der Waals surface area (Å²) in [6, 6.07) is 0. The van der Waals surface area contributed by atoms with Crippen molar-refractivity contribution in [1.82, 2.24) is 0 Å². The molecule has 6 nitrogen and oxygen atoms in total.